The number of hydrogen-bond donors (Lipinski definition) is 1. The van der Waals surface area contributed by atoms with Crippen LogP contribution in [0.2, 0.25) is 0 Å². The van der Waals surface area contributed by atoms with Gasteiger partial charge in [-0.3, -0.25) is 14.2 Å². The van der Waals surface area contributed by atoms with E-state index in [1.807, 2.05) is 6.92 Å². The van der Waals surface area contributed by atoms with Crippen LogP contribution in [0.15, 0.2) is 39.9 Å². The summed E-state index contributed by atoms with van der Waals surface area (Å²) in [4.78, 5) is 42.1. The number of carbonyl (C=O) groups excluding carboxylic acids is 2. The number of aromatic nitrogens is 3. The Labute approximate surface area is 171 Å². The van der Waals surface area contributed by atoms with Crippen molar-refractivity contribution in [3.8, 4) is 5.75 Å². The van der Waals surface area contributed by atoms with Crippen LogP contribution in [0.5, 0.6) is 5.75 Å². The first-order chi connectivity index (χ1) is 14.5. The number of hydrogen-bond acceptors (Lipinski definition) is 8. The average molecular weight is 414 g/mol. The van der Waals surface area contributed by atoms with Gasteiger partial charge in [0.1, 0.15) is 23.5 Å². The molecule has 0 spiro atoms. The molecule has 0 saturated carbocycles. The van der Waals surface area contributed by atoms with Crippen LogP contribution in [-0.2, 0) is 9.53 Å². The van der Waals surface area contributed by atoms with Gasteiger partial charge in [0, 0.05) is 0 Å². The van der Waals surface area contributed by atoms with Crippen LogP contribution in [0.4, 0.5) is 5.69 Å². The summed E-state index contributed by atoms with van der Waals surface area (Å²) in [7, 11) is 0. The van der Waals surface area contributed by atoms with E-state index in [1.165, 1.54) is 6.33 Å². The molecule has 3 aromatic rings. The Morgan fingerprint density at radius 2 is 1.97 bits per heavy atom. The molecule has 0 bridgehead atoms. The number of nitrogens with one attached hydrogen (secondary N) is 1. The second-order valence-corrected chi connectivity index (χ2v) is 6.23. The van der Waals surface area contributed by atoms with E-state index < -0.39 is 23.5 Å². The summed E-state index contributed by atoms with van der Waals surface area (Å²) in [5.41, 5.74) is -0.501. The monoisotopic (exact) mass is 414 g/mol. The van der Waals surface area contributed by atoms with Crippen molar-refractivity contribution in [1.82, 2.24) is 14.7 Å². The molecule has 1 N–H and O–H groups in total. The van der Waals surface area contributed by atoms with Crippen molar-refractivity contribution in [1.29, 1.82) is 0 Å². The summed E-state index contributed by atoms with van der Waals surface area (Å²) in [5.74, 6) is -0.703. The Morgan fingerprint density at radius 1 is 1.20 bits per heavy atom. The van der Waals surface area contributed by atoms with Gasteiger partial charge in [-0.25, -0.2) is 9.78 Å². The lowest BCUT2D eigenvalue weighted by molar-refractivity contribution is -0.119. The summed E-state index contributed by atoms with van der Waals surface area (Å²) in [6.45, 7) is 5.78. The highest BCUT2D eigenvalue weighted by Gasteiger charge is 2.27. The van der Waals surface area contributed by atoms with Crippen molar-refractivity contribution in [2.24, 2.45) is 0 Å². The molecule has 0 aliphatic heterocycles. The fourth-order valence-electron chi connectivity index (χ4n) is 3.00. The van der Waals surface area contributed by atoms with Crippen molar-refractivity contribution in [2.75, 3.05) is 18.5 Å². The molecule has 2 aromatic heterocycles. The van der Waals surface area contributed by atoms with Crippen LogP contribution < -0.4 is 15.6 Å². The maximum absolute atomic E-state index is 13.1. The summed E-state index contributed by atoms with van der Waals surface area (Å²) in [6, 6.07) is 6.13. The molecule has 1 unspecified atom stereocenters. The second kappa shape index (κ2) is 9.21. The second-order valence-electron chi connectivity index (χ2n) is 6.23. The number of rotatable bonds is 8. The minimum Gasteiger partial charge on any atom is -0.492 e. The number of amides is 1. The molecule has 30 heavy (non-hydrogen) atoms. The molecule has 10 heteroatoms. The molecule has 2 heterocycles. The average Bonchev–Trinajstić information content (AvgIpc) is 3.17. The van der Waals surface area contributed by atoms with Gasteiger partial charge in [0.15, 0.2) is 0 Å². The van der Waals surface area contributed by atoms with Gasteiger partial charge in [-0.05, 0) is 32.4 Å². The smallest absolute Gasteiger partial charge is 0.361 e. The van der Waals surface area contributed by atoms with Crippen molar-refractivity contribution in [3.63, 3.8) is 0 Å². The number of para-hydroxylation sites is 2. The largest absolute Gasteiger partial charge is 0.492 e. The lowest BCUT2D eigenvalue weighted by atomic mass is 10.2. The Kier molecular flexibility index (Phi) is 6.45. The minimum absolute atomic E-state index is 0.101. The molecule has 0 aliphatic rings. The quantitative estimate of drug-likeness (QED) is 0.558. The first kappa shape index (κ1) is 21.0. The van der Waals surface area contributed by atoms with Crippen molar-refractivity contribution < 1.29 is 23.6 Å². The van der Waals surface area contributed by atoms with E-state index in [4.69, 9.17) is 14.0 Å². The first-order valence-electron chi connectivity index (χ1n) is 9.58. The summed E-state index contributed by atoms with van der Waals surface area (Å²) < 4.78 is 16.6. The van der Waals surface area contributed by atoms with E-state index in [2.05, 4.69) is 15.5 Å². The number of ether oxygens (including phenoxy) is 2. The van der Waals surface area contributed by atoms with Gasteiger partial charge in [0.05, 0.1) is 18.9 Å². The Hall–Kier alpha value is -3.69. The third-order valence-corrected chi connectivity index (χ3v) is 4.36. The van der Waals surface area contributed by atoms with Gasteiger partial charge in [0.2, 0.25) is 11.6 Å². The van der Waals surface area contributed by atoms with Crippen molar-refractivity contribution in [2.45, 2.75) is 33.2 Å². The van der Waals surface area contributed by atoms with E-state index in [-0.39, 0.29) is 23.4 Å². The van der Waals surface area contributed by atoms with Crippen LogP contribution >= 0.6 is 0 Å². The molecule has 0 fully saturated rings. The van der Waals surface area contributed by atoms with Gasteiger partial charge >= 0.3 is 5.97 Å². The predicted molar refractivity (Wildman–Crippen MR) is 108 cm³/mol. The Balaban J connectivity index is 1.98. The number of esters is 1. The fraction of sp³-hybridized carbons (Fsp3) is 0.350. The van der Waals surface area contributed by atoms with Gasteiger partial charge in [-0.2, -0.15) is 0 Å². The maximum atomic E-state index is 13.1. The topological polar surface area (TPSA) is 126 Å². The SMILES string of the molecule is CCOC(=O)c1noc2ncn(C(CC)C(=O)Nc3ccccc3OCC)c(=O)c12. The highest BCUT2D eigenvalue weighted by molar-refractivity contribution is 6.00. The maximum Gasteiger partial charge on any atom is 0.361 e. The van der Waals surface area contributed by atoms with Crippen LogP contribution in [-0.4, -0.2) is 39.8 Å². The van der Waals surface area contributed by atoms with E-state index in [1.54, 1.807) is 38.1 Å². The van der Waals surface area contributed by atoms with E-state index in [0.717, 1.165) is 4.57 Å². The van der Waals surface area contributed by atoms with Gasteiger partial charge in [-0.1, -0.05) is 24.2 Å². The third-order valence-electron chi connectivity index (χ3n) is 4.36. The van der Waals surface area contributed by atoms with Crippen LogP contribution in [0.3, 0.4) is 0 Å². The molecule has 0 aliphatic carbocycles. The van der Waals surface area contributed by atoms with E-state index in [9.17, 15) is 14.4 Å². The van der Waals surface area contributed by atoms with Crippen LogP contribution in [0, 0.1) is 0 Å². The molecule has 10 nitrogen and oxygen atoms in total. The van der Waals surface area contributed by atoms with Gasteiger partial charge < -0.3 is 19.3 Å². The number of benzene rings is 1. The third kappa shape index (κ3) is 4.02. The molecule has 1 amide bonds. The number of fused-ring (bicyclic) bond motifs is 1. The Morgan fingerprint density at radius 3 is 2.67 bits per heavy atom. The normalized spacial score (nSPS) is 11.8. The van der Waals surface area contributed by atoms with Gasteiger partial charge in [0.25, 0.3) is 11.3 Å². The molecule has 158 valence electrons. The summed E-state index contributed by atoms with van der Waals surface area (Å²) >= 11 is 0. The number of carbonyl (C=O) groups is 2. The zero-order valence-corrected chi connectivity index (χ0v) is 16.9. The summed E-state index contributed by atoms with van der Waals surface area (Å²) in [5, 5.41) is 6.26. The van der Waals surface area contributed by atoms with E-state index in [0.29, 0.717) is 24.5 Å². The molecule has 0 saturated heterocycles. The molecular weight excluding hydrogens is 392 g/mol. The number of nitrogens with zero attached hydrogens (tertiary/aromatic N) is 3. The van der Waals surface area contributed by atoms with Crippen LogP contribution in [0.1, 0.15) is 43.7 Å². The van der Waals surface area contributed by atoms with Crippen LogP contribution in [0.25, 0.3) is 11.1 Å². The first-order valence-corrected chi connectivity index (χ1v) is 9.58. The minimum atomic E-state index is -0.881. The predicted octanol–water partition coefficient (Wildman–Crippen LogP) is 2.55. The molecule has 1 atom stereocenters. The molecule has 3 rings (SSSR count). The van der Waals surface area contributed by atoms with Crippen molar-refractivity contribution in [3.05, 3.63) is 46.6 Å². The van der Waals surface area contributed by atoms with Crippen molar-refractivity contribution >= 4 is 28.7 Å². The highest BCUT2D eigenvalue weighted by Crippen LogP contribution is 2.25. The van der Waals surface area contributed by atoms with E-state index >= 15 is 0 Å². The molecular formula is C20H22N4O6. The number of anilines is 1. The standard InChI is InChI=1S/C20H22N4O6/c1-4-13(17(25)22-12-9-7-8-10-14(12)28-5-2)24-11-21-18-15(19(24)26)16(23-30-18)20(27)29-6-3/h7-11,13H,4-6H2,1-3H3,(H,22,25). The Bertz CT molecular complexity index is 1120. The fourth-order valence-corrected chi connectivity index (χ4v) is 3.00. The summed E-state index contributed by atoms with van der Waals surface area (Å²) in [6.07, 6.45) is 1.50. The zero-order valence-electron chi connectivity index (χ0n) is 16.9. The lowest BCUT2D eigenvalue weighted by Gasteiger charge is -2.18. The zero-order chi connectivity index (χ0) is 21.7. The lowest BCUT2D eigenvalue weighted by Crippen LogP contribution is -2.33. The molecule has 0 radical (unpaired) electrons. The molecule has 1 aromatic carbocycles. The van der Waals surface area contributed by atoms with Gasteiger partial charge in [-0.15, -0.1) is 0 Å². The highest BCUT2D eigenvalue weighted by atomic mass is 16.5.